The number of rotatable bonds is 4. The second kappa shape index (κ2) is 7.80. The predicted molar refractivity (Wildman–Crippen MR) is 108 cm³/mol. The van der Waals surface area contributed by atoms with Crippen LogP contribution in [0.4, 0.5) is 5.13 Å². The van der Waals surface area contributed by atoms with Gasteiger partial charge in [-0.2, -0.15) is 4.31 Å². The van der Waals surface area contributed by atoms with Gasteiger partial charge in [-0.25, -0.2) is 13.4 Å². The molecule has 1 N–H and O–H groups in total. The number of aromatic nitrogens is 1. The molecular formula is C19H21N3O6S2. The van der Waals surface area contributed by atoms with Gasteiger partial charge >= 0.3 is 0 Å². The van der Waals surface area contributed by atoms with Crippen LogP contribution < -0.4 is 14.8 Å². The van der Waals surface area contributed by atoms with Crippen LogP contribution in [0.15, 0.2) is 23.1 Å². The molecule has 3 aliphatic heterocycles. The zero-order valence-corrected chi connectivity index (χ0v) is 17.8. The monoisotopic (exact) mass is 451 g/mol. The Morgan fingerprint density at radius 2 is 2.03 bits per heavy atom. The summed E-state index contributed by atoms with van der Waals surface area (Å²) in [5.41, 5.74) is 0.830. The van der Waals surface area contributed by atoms with E-state index in [2.05, 4.69) is 10.3 Å². The van der Waals surface area contributed by atoms with Gasteiger partial charge in [0.2, 0.25) is 10.0 Å². The van der Waals surface area contributed by atoms with Crippen LogP contribution >= 0.6 is 11.3 Å². The molecule has 1 saturated heterocycles. The van der Waals surface area contributed by atoms with Gasteiger partial charge in [0, 0.05) is 30.5 Å². The highest BCUT2D eigenvalue weighted by Gasteiger charge is 2.32. The molecule has 2 aromatic rings. The van der Waals surface area contributed by atoms with E-state index in [1.54, 1.807) is 6.07 Å². The minimum absolute atomic E-state index is 0.173. The number of fused-ring (bicyclic) bond motifs is 2. The second-order valence-electron chi connectivity index (χ2n) is 7.27. The molecule has 1 aromatic carbocycles. The number of nitrogens with one attached hydrogen (secondary N) is 1. The lowest BCUT2D eigenvalue weighted by Gasteiger charge is -2.26. The van der Waals surface area contributed by atoms with Crippen molar-refractivity contribution in [3.63, 3.8) is 0 Å². The zero-order chi connectivity index (χ0) is 20.7. The number of sulfonamides is 1. The lowest BCUT2D eigenvalue weighted by Crippen LogP contribution is -2.35. The van der Waals surface area contributed by atoms with Crippen LogP contribution in [0.3, 0.4) is 0 Å². The van der Waals surface area contributed by atoms with Crippen molar-refractivity contribution >= 4 is 32.4 Å². The van der Waals surface area contributed by atoms with Crippen molar-refractivity contribution in [1.29, 1.82) is 0 Å². The largest absolute Gasteiger partial charge is 0.486 e. The summed E-state index contributed by atoms with van der Waals surface area (Å²) in [6, 6.07) is 4.68. The molecule has 0 spiro atoms. The average Bonchev–Trinajstić information content (AvgIpc) is 3.42. The topological polar surface area (TPSA) is 107 Å². The minimum atomic E-state index is -3.70. The Morgan fingerprint density at radius 1 is 1.20 bits per heavy atom. The first-order chi connectivity index (χ1) is 14.5. The molecule has 1 atom stereocenters. The lowest BCUT2D eigenvalue weighted by atomic mass is 10.2. The smallest absolute Gasteiger partial charge is 0.255 e. The van der Waals surface area contributed by atoms with Gasteiger partial charge in [0.15, 0.2) is 16.6 Å². The number of carbonyl (C=O) groups excluding carboxylic acids is 1. The van der Waals surface area contributed by atoms with Gasteiger partial charge in [0.1, 0.15) is 19.3 Å². The first kappa shape index (κ1) is 19.7. The fourth-order valence-corrected chi connectivity index (χ4v) is 6.27. The first-order valence-corrected chi connectivity index (χ1v) is 12.1. The normalized spacial score (nSPS) is 21.3. The van der Waals surface area contributed by atoms with E-state index in [0.717, 1.165) is 17.0 Å². The third kappa shape index (κ3) is 3.66. The van der Waals surface area contributed by atoms with Gasteiger partial charge < -0.3 is 14.2 Å². The van der Waals surface area contributed by atoms with Gasteiger partial charge in [-0.1, -0.05) is 0 Å². The molecular weight excluding hydrogens is 430 g/mol. The number of carbonyl (C=O) groups is 1. The third-order valence-electron chi connectivity index (χ3n) is 5.30. The van der Waals surface area contributed by atoms with E-state index in [1.165, 1.54) is 27.8 Å². The maximum Gasteiger partial charge on any atom is 0.255 e. The molecule has 30 heavy (non-hydrogen) atoms. The van der Waals surface area contributed by atoms with Crippen molar-refractivity contribution in [1.82, 2.24) is 9.29 Å². The fourth-order valence-electron chi connectivity index (χ4n) is 3.73. The summed E-state index contributed by atoms with van der Waals surface area (Å²) in [5, 5.41) is 3.29. The van der Waals surface area contributed by atoms with Gasteiger partial charge in [0.05, 0.1) is 17.1 Å². The van der Waals surface area contributed by atoms with Crippen molar-refractivity contribution in [2.45, 2.75) is 36.8 Å². The van der Waals surface area contributed by atoms with E-state index < -0.39 is 16.1 Å². The second-order valence-corrected chi connectivity index (χ2v) is 10.3. The van der Waals surface area contributed by atoms with E-state index >= 15 is 0 Å². The molecule has 0 bridgehead atoms. The Labute approximate surface area is 178 Å². The van der Waals surface area contributed by atoms with Crippen molar-refractivity contribution in [2.75, 3.05) is 31.7 Å². The van der Waals surface area contributed by atoms with Crippen LogP contribution in [-0.2, 0) is 32.5 Å². The minimum Gasteiger partial charge on any atom is -0.486 e. The molecule has 3 aliphatic rings. The summed E-state index contributed by atoms with van der Waals surface area (Å²) in [6.07, 6.45) is 1.64. The molecule has 4 heterocycles. The van der Waals surface area contributed by atoms with Gasteiger partial charge in [-0.15, -0.1) is 11.3 Å². The number of nitrogens with zero attached hydrogens (tertiary/aromatic N) is 2. The van der Waals surface area contributed by atoms with E-state index in [-0.39, 0.29) is 17.3 Å². The summed E-state index contributed by atoms with van der Waals surface area (Å²) >= 11 is 1.31. The maximum absolute atomic E-state index is 13.2. The van der Waals surface area contributed by atoms with E-state index in [0.29, 0.717) is 55.8 Å². The highest BCUT2D eigenvalue weighted by molar-refractivity contribution is 7.89. The summed E-state index contributed by atoms with van der Waals surface area (Å²) in [7, 11) is -3.70. The molecule has 0 saturated carbocycles. The maximum atomic E-state index is 13.2. The Morgan fingerprint density at radius 3 is 2.83 bits per heavy atom. The Balaban J connectivity index is 1.32. The fraction of sp³-hybridized carbons (Fsp3) is 0.474. The number of amides is 1. The molecule has 160 valence electrons. The molecule has 1 aromatic heterocycles. The number of hydrogen-bond donors (Lipinski definition) is 1. The van der Waals surface area contributed by atoms with Gasteiger partial charge in [0.25, 0.3) is 5.91 Å². The van der Waals surface area contributed by atoms with Gasteiger partial charge in [-0.3, -0.25) is 10.1 Å². The Bertz CT molecular complexity index is 1080. The molecule has 11 heteroatoms. The van der Waals surface area contributed by atoms with Crippen LogP contribution in [0.2, 0.25) is 0 Å². The first-order valence-electron chi connectivity index (χ1n) is 9.81. The van der Waals surface area contributed by atoms with E-state index in [4.69, 9.17) is 14.2 Å². The molecule has 0 aliphatic carbocycles. The summed E-state index contributed by atoms with van der Waals surface area (Å²) in [5.74, 6) is 0.798. The van der Waals surface area contributed by atoms with E-state index in [1.807, 2.05) is 0 Å². The number of benzene rings is 1. The van der Waals surface area contributed by atoms with Gasteiger partial charge in [-0.05, 0) is 25.0 Å². The highest BCUT2D eigenvalue weighted by atomic mass is 32.2. The molecule has 5 rings (SSSR count). The number of hydrogen-bond acceptors (Lipinski definition) is 8. The predicted octanol–water partition coefficient (Wildman–Crippen LogP) is 1.78. The molecule has 9 nitrogen and oxygen atoms in total. The molecule has 1 unspecified atom stereocenters. The number of ether oxygens (including phenoxy) is 3. The Hall–Kier alpha value is -2.21. The van der Waals surface area contributed by atoms with E-state index in [9.17, 15) is 13.2 Å². The molecule has 0 radical (unpaired) electrons. The van der Waals surface area contributed by atoms with Crippen LogP contribution in [0.1, 0.15) is 23.4 Å². The van der Waals surface area contributed by atoms with Crippen LogP contribution in [0, 0.1) is 0 Å². The van der Waals surface area contributed by atoms with Crippen molar-refractivity contribution in [2.24, 2.45) is 0 Å². The summed E-state index contributed by atoms with van der Waals surface area (Å²) in [4.78, 5) is 17.7. The van der Waals surface area contributed by atoms with Crippen molar-refractivity contribution < 1.29 is 27.4 Å². The summed E-state index contributed by atoms with van der Waals surface area (Å²) in [6.45, 7) is 1.99. The quantitative estimate of drug-likeness (QED) is 0.755. The van der Waals surface area contributed by atoms with Crippen molar-refractivity contribution in [3.05, 3.63) is 28.8 Å². The van der Waals surface area contributed by atoms with Crippen LogP contribution in [0.25, 0.3) is 0 Å². The van der Waals surface area contributed by atoms with Crippen LogP contribution in [-0.4, -0.2) is 56.1 Å². The molecule has 1 fully saturated rings. The number of anilines is 1. The van der Waals surface area contributed by atoms with Crippen molar-refractivity contribution in [3.8, 4) is 11.5 Å². The lowest BCUT2D eigenvalue weighted by molar-refractivity contribution is -0.124. The third-order valence-corrected chi connectivity index (χ3v) is 8.14. The standard InChI is InChI=1S/C19H21N3O6S2/c23-18(15-2-1-7-26-15)21-19-20-13-5-6-22(11-17(13)29-19)30(24,25)12-3-4-14-16(10-12)28-9-8-27-14/h3-4,10,15H,1-2,5-9,11H2,(H,20,21,23). The van der Waals surface area contributed by atoms with Crippen LogP contribution in [0.5, 0.6) is 11.5 Å². The zero-order valence-electron chi connectivity index (χ0n) is 16.1. The average molecular weight is 452 g/mol. The number of thiazole rings is 1. The molecule has 1 amide bonds. The SMILES string of the molecule is O=C(Nc1nc2c(s1)CN(S(=O)(=O)c1ccc3c(c1)OCCO3)CC2)C1CCCO1. The summed E-state index contributed by atoms with van der Waals surface area (Å²) < 4.78 is 44.2. The Kier molecular flexibility index (Phi) is 5.13. The highest BCUT2D eigenvalue weighted by Crippen LogP contribution is 2.35.